The topological polar surface area (TPSA) is 116 Å². The summed E-state index contributed by atoms with van der Waals surface area (Å²) in [4.78, 5) is 0. The van der Waals surface area contributed by atoms with Crippen molar-refractivity contribution < 1.29 is 17.2 Å². The Bertz CT molecular complexity index is 258. The van der Waals surface area contributed by atoms with Gasteiger partial charge < -0.3 is 0 Å². The molecule has 118 valence electrons. The fourth-order valence-corrected chi connectivity index (χ4v) is 2.08. The first-order chi connectivity index (χ1) is 9.06. The average Bonchev–Trinajstić information content (AvgIpc) is 2.37. The van der Waals surface area contributed by atoms with Crippen molar-refractivity contribution in [1.29, 1.82) is 0 Å². The Balaban J connectivity index is 0. The fourth-order valence-electron chi connectivity index (χ4n) is 1.75. The molecule has 7 heteroatoms. The highest BCUT2D eigenvalue weighted by Crippen LogP contribution is 2.10. The minimum absolute atomic E-state index is 0.0926. The van der Waals surface area contributed by atoms with Crippen molar-refractivity contribution in [1.82, 2.24) is 0 Å². The summed E-state index contributed by atoms with van der Waals surface area (Å²) in [6.45, 7) is 2.31. The molecule has 0 rings (SSSR count). The van der Waals surface area contributed by atoms with Gasteiger partial charge in [-0.05, 0) is 6.42 Å². The Labute approximate surface area is 117 Å². The first kappa shape index (κ1) is 21.1. The second kappa shape index (κ2) is 15.8. The van der Waals surface area contributed by atoms with Crippen LogP contribution in [0.1, 0.15) is 71.1 Å². The van der Waals surface area contributed by atoms with E-state index in [4.69, 9.17) is 4.55 Å². The third-order valence-electron chi connectivity index (χ3n) is 2.73. The summed E-state index contributed by atoms with van der Waals surface area (Å²) < 4.78 is 33.0. The SMILES string of the molecule is CCCCCCCCCCCCOS(=O)(=O)O.NN. The number of unbranched alkanes of at least 4 members (excludes halogenated alkanes) is 9. The minimum Gasteiger partial charge on any atom is -0.274 e. The predicted octanol–water partition coefficient (Wildman–Crippen LogP) is 2.55. The molecule has 0 aromatic rings. The second-order valence-corrected chi connectivity index (χ2v) is 5.52. The van der Waals surface area contributed by atoms with Crippen LogP contribution in [0.2, 0.25) is 0 Å². The van der Waals surface area contributed by atoms with Crippen molar-refractivity contribution in [3.8, 4) is 0 Å². The van der Waals surface area contributed by atoms with Gasteiger partial charge in [-0.3, -0.25) is 16.2 Å². The molecule has 0 aromatic heterocycles. The third-order valence-corrected chi connectivity index (χ3v) is 3.19. The van der Waals surface area contributed by atoms with Gasteiger partial charge in [-0.1, -0.05) is 64.7 Å². The molecule has 0 saturated carbocycles. The molecule has 0 unspecified atom stereocenters. The van der Waals surface area contributed by atoms with E-state index in [2.05, 4.69) is 22.8 Å². The van der Waals surface area contributed by atoms with Crippen molar-refractivity contribution in [2.24, 2.45) is 11.7 Å². The maximum absolute atomic E-state index is 10.2. The van der Waals surface area contributed by atoms with E-state index in [1.165, 1.54) is 44.9 Å². The summed E-state index contributed by atoms with van der Waals surface area (Å²) in [7, 11) is -4.23. The minimum atomic E-state index is -4.23. The van der Waals surface area contributed by atoms with Gasteiger partial charge in [0.15, 0.2) is 0 Å². The maximum Gasteiger partial charge on any atom is 0.397 e. The lowest BCUT2D eigenvalue weighted by Gasteiger charge is -2.02. The van der Waals surface area contributed by atoms with Crippen molar-refractivity contribution in [2.45, 2.75) is 71.1 Å². The molecule has 0 aromatic carbocycles. The molecule has 0 heterocycles. The standard InChI is InChI=1S/C12H26O4S.H4N2/c1-2-3-4-5-6-7-8-9-10-11-12-16-17(13,14)15;1-2/h2-12H2,1H3,(H,13,14,15);1-2H2. The highest BCUT2D eigenvalue weighted by molar-refractivity contribution is 7.80. The smallest absolute Gasteiger partial charge is 0.274 e. The number of nitrogens with two attached hydrogens (primary N) is 2. The number of hydrogen-bond donors (Lipinski definition) is 3. The van der Waals surface area contributed by atoms with Crippen molar-refractivity contribution >= 4 is 10.4 Å². The molecular weight excluding hydrogens is 268 g/mol. The van der Waals surface area contributed by atoms with Crippen LogP contribution in [0, 0.1) is 0 Å². The monoisotopic (exact) mass is 298 g/mol. The van der Waals surface area contributed by atoms with E-state index < -0.39 is 10.4 Å². The van der Waals surface area contributed by atoms with Gasteiger partial charge in [-0.25, -0.2) is 4.18 Å². The molecule has 0 aliphatic carbocycles. The zero-order valence-electron chi connectivity index (χ0n) is 12.0. The van der Waals surface area contributed by atoms with Crippen LogP contribution in [0.4, 0.5) is 0 Å². The van der Waals surface area contributed by atoms with Crippen molar-refractivity contribution in [3.63, 3.8) is 0 Å². The predicted molar refractivity (Wildman–Crippen MR) is 77.7 cm³/mol. The van der Waals surface area contributed by atoms with Crippen LogP contribution in [0.3, 0.4) is 0 Å². The van der Waals surface area contributed by atoms with E-state index in [9.17, 15) is 8.42 Å². The number of hydrazine groups is 1. The van der Waals surface area contributed by atoms with Gasteiger partial charge in [0.25, 0.3) is 0 Å². The number of rotatable bonds is 12. The molecule has 0 amide bonds. The van der Waals surface area contributed by atoms with Crippen molar-refractivity contribution in [3.05, 3.63) is 0 Å². The van der Waals surface area contributed by atoms with Gasteiger partial charge in [-0.2, -0.15) is 8.42 Å². The Morgan fingerprint density at radius 3 is 1.58 bits per heavy atom. The maximum atomic E-state index is 10.2. The lowest BCUT2D eigenvalue weighted by Crippen LogP contribution is -2.04. The third kappa shape index (κ3) is 23.3. The zero-order chi connectivity index (χ0) is 15.0. The van der Waals surface area contributed by atoms with Gasteiger partial charge in [0.05, 0.1) is 6.61 Å². The fraction of sp³-hybridized carbons (Fsp3) is 1.00. The summed E-state index contributed by atoms with van der Waals surface area (Å²) in [5.74, 6) is 8.00. The van der Waals surface area contributed by atoms with E-state index in [1.54, 1.807) is 0 Å². The summed E-state index contributed by atoms with van der Waals surface area (Å²) in [6, 6.07) is 0. The van der Waals surface area contributed by atoms with Crippen LogP contribution in [0.15, 0.2) is 0 Å². The first-order valence-electron chi connectivity index (χ1n) is 7.01. The molecule has 6 nitrogen and oxygen atoms in total. The Kier molecular flexibility index (Phi) is 17.6. The molecule has 0 radical (unpaired) electrons. The van der Waals surface area contributed by atoms with Crippen LogP contribution >= 0.6 is 0 Å². The molecule has 5 N–H and O–H groups in total. The van der Waals surface area contributed by atoms with Gasteiger partial charge in [0.1, 0.15) is 0 Å². The largest absolute Gasteiger partial charge is 0.397 e. The van der Waals surface area contributed by atoms with Gasteiger partial charge in [-0.15, -0.1) is 0 Å². The quantitative estimate of drug-likeness (QED) is 0.221. The molecule has 0 atom stereocenters. The van der Waals surface area contributed by atoms with Gasteiger partial charge >= 0.3 is 10.4 Å². The molecule has 0 saturated heterocycles. The van der Waals surface area contributed by atoms with E-state index in [-0.39, 0.29) is 6.61 Å². The zero-order valence-corrected chi connectivity index (χ0v) is 12.8. The molecule has 0 fully saturated rings. The van der Waals surface area contributed by atoms with Gasteiger partial charge in [0, 0.05) is 0 Å². The Morgan fingerprint density at radius 2 is 1.21 bits per heavy atom. The highest BCUT2D eigenvalue weighted by Gasteiger charge is 2.02. The Hall–Kier alpha value is -0.210. The van der Waals surface area contributed by atoms with Crippen LogP contribution in [-0.4, -0.2) is 19.6 Å². The molecule has 0 aliphatic heterocycles. The van der Waals surface area contributed by atoms with Crippen molar-refractivity contribution in [2.75, 3.05) is 6.61 Å². The van der Waals surface area contributed by atoms with Crippen LogP contribution < -0.4 is 11.7 Å². The Morgan fingerprint density at radius 1 is 0.842 bits per heavy atom. The molecule has 0 aliphatic rings. The van der Waals surface area contributed by atoms with E-state index >= 15 is 0 Å². The lowest BCUT2D eigenvalue weighted by atomic mass is 10.1. The van der Waals surface area contributed by atoms with Crippen LogP contribution in [0.25, 0.3) is 0 Å². The highest BCUT2D eigenvalue weighted by atomic mass is 32.3. The van der Waals surface area contributed by atoms with E-state index in [0.29, 0.717) is 6.42 Å². The van der Waals surface area contributed by atoms with Crippen LogP contribution in [-0.2, 0) is 14.6 Å². The summed E-state index contributed by atoms with van der Waals surface area (Å²) in [6.07, 6.45) is 11.9. The second-order valence-electron chi connectivity index (χ2n) is 4.43. The van der Waals surface area contributed by atoms with Crippen LogP contribution in [0.5, 0.6) is 0 Å². The summed E-state index contributed by atoms with van der Waals surface area (Å²) in [5.41, 5.74) is 0. The first-order valence-corrected chi connectivity index (χ1v) is 8.38. The normalized spacial score (nSPS) is 10.9. The average molecular weight is 298 g/mol. The summed E-state index contributed by atoms with van der Waals surface area (Å²) >= 11 is 0. The molecule has 19 heavy (non-hydrogen) atoms. The molecule has 0 bridgehead atoms. The van der Waals surface area contributed by atoms with E-state index in [0.717, 1.165) is 12.8 Å². The summed E-state index contributed by atoms with van der Waals surface area (Å²) in [5, 5.41) is 0. The van der Waals surface area contributed by atoms with E-state index in [1.807, 2.05) is 0 Å². The lowest BCUT2D eigenvalue weighted by molar-refractivity contribution is 0.261. The molecular formula is C12H30N2O4S. The number of hydrogen-bond acceptors (Lipinski definition) is 5. The molecule has 0 spiro atoms. The van der Waals surface area contributed by atoms with Gasteiger partial charge in [0.2, 0.25) is 0 Å².